The lowest BCUT2D eigenvalue weighted by atomic mass is 9.80. The minimum Gasteiger partial charge on any atom is -0.343 e. The van der Waals surface area contributed by atoms with E-state index in [1.54, 1.807) is 12.1 Å². The van der Waals surface area contributed by atoms with Gasteiger partial charge in [-0.2, -0.15) is 18.4 Å². The Bertz CT molecular complexity index is 868. The Morgan fingerprint density at radius 2 is 1.87 bits per heavy atom. The summed E-state index contributed by atoms with van der Waals surface area (Å²) in [6.45, 7) is -0.956. The average Bonchev–Trinajstić information content (AvgIpc) is 2.71. The van der Waals surface area contributed by atoms with E-state index in [1.807, 2.05) is 6.07 Å². The maximum absolute atomic E-state index is 12.9. The SMILES string of the molecule is N#CCNC(=O)[C@H]1CCCC[C@@H]1CS(=O)(=O)c1ccc(SCCNCC(F)(F)F)cc1. The number of nitriles is 1. The van der Waals surface area contributed by atoms with Crippen molar-refractivity contribution in [2.75, 3.05) is 31.1 Å². The first-order valence-corrected chi connectivity index (χ1v) is 12.6. The van der Waals surface area contributed by atoms with Crippen molar-refractivity contribution in [1.29, 1.82) is 5.26 Å². The fourth-order valence-corrected chi connectivity index (χ4v) is 6.12. The van der Waals surface area contributed by atoms with Crippen LogP contribution in [0.25, 0.3) is 0 Å². The Morgan fingerprint density at radius 1 is 1.19 bits per heavy atom. The number of alkyl halides is 3. The number of sulfone groups is 1. The molecule has 0 unspecified atom stereocenters. The van der Waals surface area contributed by atoms with Crippen molar-refractivity contribution < 1.29 is 26.4 Å². The highest BCUT2D eigenvalue weighted by Gasteiger charge is 2.34. The molecule has 1 aliphatic carbocycles. The van der Waals surface area contributed by atoms with Crippen molar-refractivity contribution >= 4 is 27.5 Å². The van der Waals surface area contributed by atoms with Gasteiger partial charge in [0, 0.05) is 23.1 Å². The maximum Gasteiger partial charge on any atom is 0.401 e. The van der Waals surface area contributed by atoms with Crippen LogP contribution in [0.3, 0.4) is 0 Å². The van der Waals surface area contributed by atoms with Crippen LogP contribution in [0.5, 0.6) is 0 Å². The summed E-state index contributed by atoms with van der Waals surface area (Å²) in [4.78, 5) is 13.2. The van der Waals surface area contributed by atoms with Crippen molar-refractivity contribution in [1.82, 2.24) is 10.6 Å². The average molecular weight is 478 g/mol. The third-order valence-electron chi connectivity index (χ3n) is 5.08. The normalized spacial score (nSPS) is 19.5. The molecule has 2 rings (SSSR count). The number of nitrogens with zero attached hydrogens (tertiary/aromatic N) is 1. The smallest absolute Gasteiger partial charge is 0.343 e. The summed E-state index contributed by atoms with van der Waals surface area (Å²) >= 11 is 1.33. The van der Waals surface area contributed by atoms with E-state index in [2.05, 4.69) is 10.6 Å². The van der Waals surface area contributed by atoms with Crippen LogP contribution in [0, 0.1) is 23.2 Å². The first-order chi connectivity index (χ1) is 14.6. The number of carbonyl (C=O) groups excluding carboxylic acids is 1. The van der Waals surface area contributed by atoms with E-state index in [1.165, 1.54) is 23.9 Å². The van der Waals surface area contributed by atoms with Crippen molar-refractivity contribution in [2.24, 2.45) is 11.8 Å². The van der Waals surface area contributed by atoms with Crippen LogP contribution in [0.1, 0.15) is 25.7 Å². The van der Waals surface area contributed by atoms with Gasteiger partial charge in [0.15, 0.2) is 9.84 Å². The lowest BCUT2D eigenvalue weighted by molar-refractivity contribution is -0.127. The topological polar surface area (TPSA) is 99.1 Å². The molecule has 31 heavy (non-hydrogen) atoms. The molecule has 11 heteroatoms. The number of rotatable bonds is 10. The predicted octanol–water partition coefficient (Wildman–Crippen LogP) is 3.15. The van der Waals surface area contributed by atoms with Gasteiger partial charge in [0.25, 0.3) is 0 Å². The molecule has 2 atom stereocenters. The van der Waals surface area contributed by atoms with E-state index in [9.17, 15) is 26.4 Å². The van der Waals surface area contributed by atoms with Gasteiger partial charge in [-0.15, -0.1) is 11.8 Å². The molecule has 172 valence electrons. The second-order valence-electron chi connectivity index (χ2n) is 7.42. The van der Waals surface area contributed by atoms with Crippen molar-refractivity contribution in [2.45, 2.75) is 41.7 Å². The third-order valence-corrected chi connectivity index (χ3v) is 7.95. The number of hydrogen-bond acceptors (Lipinski definition) is 6. The lowest BCUT2D eigenvalue weighted by Crippen LogP contribution is -2.39. The van der Waals surface area contributed by atoms with E-state index in [0.29, 0.717) is 18.6 Å². The molecule has 6 nitrogen and oxygen atoms in total. The fraction of sp³-hybridized carbons (Fsp3) is 0.600. The largest absolute Gasteiger partial charge is 0.401 e. The molecule has 1 aliphatic rings. The number of nitrogens with one attached hydrogen (secondary N) is 2. The standard InChI is InChI=1S/C20H26F3N3O3S2/c21-20(22,23)14-25-11-12-30-16-5-7-17(8-6-16)31(28,29)13-15-3-1-2-4-18(15)19(27)26-10-9-24/h5-8,15,18,25H,1-4,10-14H2,(H,26,27)/t15-,18+/m1/s1. The number of benzene rings is 1. The van der Waals surface area contributed by atoms with Gasteiger partial charge in [-0.05, 0) is 43.0 Å². The van der Waals surface area contributed by atoms with Crippen LogP contribution in [0.15, 0.2) is 34.1 Å². The van der Waals surface area contributed by atoms with Gasteiger partial charge in [0.2, 0.25) is 5.91 Å². The van der Waals surface area contributed by atoms with Gasteiger partial charge in [-0.1, -0.05) is 12.8 Å². The number of thioether (sulfide) groups is 1. The highest BCUT2D eigenvalue weighted by molar-refractivity contribution is 7.99. The van der Waals surface area contributed by atoms with Crippen molar-refractivity contribution in [3.8, 4) is 6.07 Å². The first kappa shape index (κ1) is 25.5. The zero-order valence-electron chi connectivity index (χ0n) is 17.0. The Kier molecular flexibility index (Phi) is 9.65. The third kappa shape index (κ3) is 8.71. The van der Waals surface area contributed by atoms with Crippen LogP contribution in [0.2, 0.25) is 0 Å². The van der Waals surface area contributed by atoms with Crippen LogP contribution in [-0.2, 0) is 14.6 Å². The van der Waals surface area contributed by atoms with Crippen molar-refractivity contribution in [3.05, 3.63) is 24.3 Å². The molecule has 0 spiro atoms. The Hall–Kier alpha value is -1.77. The Balaban J connectivity index is 1.92. The molecule has 0 bridgehead atoms. The summed E-state index contributed by atoms with van der Waals surface area (Å²) in [5.74, 6) is -0.704. The van der Waals surface area contributed by atoms with Gasteiger partial charge in [0.1, 0.15) is 6.54 Å². The number of carbonyl (C=O) groups is 1. The second kappa shape index (κ2) is 11.7. The zero-order chi connectivity index (χ0) is 22.9. The van der Waals surface area contributed by atoms with Crippen LogP contribution >= 0.6 is 11.8 Å². The second-order valence-corrected chi connectivity index (χ2v) is 10.6. The summed E-state index contributed by atoms with van der Waals surface area (Å²) in [7, 11) is -3.60. The van der Waals surface area contributed by atoms with Crippen LogP contribution in [0.4, 0.5) is 13.2 Å². The van der Waals surface area contributed by atoms with E-state index in [4.69, 9.17) is 5.26 Å². The molecular formula is C20H26F3N3O3S2. The van der Waals surface area contributed by atoms with E-state index < -0.39 is 28.5 Å². The van der Waals surface area contributed by atoms with Gasteiger partial charge < -0.3 is 10.6 Å². The molecular weight excluding hydrogens is 451 g/mol. The van der Waals surface area contributed by atoms with Crippen LogP contribution < -0.4 is 10.6 Å². The monoisotopic (exact) mass is 477 g/mol. The molecule has 0 saturated heterocycles. The van der Waals surface area contributed by atoms with Gasteiger partial charge >= 0.3 is 6.18 Å². The molecule has 1 saturated carbocycles. The highest BCUT2D eigenvalue weighted by atomic mass is 32.2. The quantitative estimate of drug-likeness (QED) is 0.305. The molecule has 1 aromatic carbocycles. The summed E-state index contributed by atoms with van der Waals surface area (Å²) in [5, 5.41) is 13.5. The summed E-state index contributed by atoms with van der Waals surface area (Å²) < 4.78 is 62.0. The van der Waals surface area contributed by atoms with E-state index in [-0.39, 0.29) is 35.6 Å². The maximum atomic E-state index is 12.9. The first-order valence-electron chi connectivity index (χ1n) is 10.00. The molecule has 0 radical (unpaired) electrons. The summed E-state index contributed by atoms with van der Waals surface area (Å²) in [5.41, 5.74) is 0. The molecule has 1 aromatic rings. The summed E-state index contributed by atoms with van der Waals surface area (Å²) in [6, 6.07) is 8.12. The van der Waals surface area contributed by atoms with Gasteiger partial charge in [-0.3, -0.25) is 4.79 Å². The number of hydrogen-bond donors (Lipinski definition) is 2. The minimum atomic E-state index is -4.24. The van der Waals surface area contributed by atoms with E-state index >= 15 is 0 Å². The molecule has 0 aliphatic heterocycles. The van der Waals surface area contributed by atoms with Gasteiger partial charge in [0.05, 0.1) is 23.3 Å². The highest BCUT2D eigenvalue weighted by Crippen LogP contribution is 2.33. The number of amides is 1. The molecule has 2 N–H and O–H groups in total. The predicted molar refractivity (Wildman–Crippen MR) is 112 cm³/mol. The van der Waals surface area contributed by atoms with Crippen LogP contribution in [-0.4, -0.2) is 51.6 Å². The molecule has 0 heterocycles. The number of halogens is 3. The van der Waals surface area contributed by atoms with Gasteiger partial charge in [-0.25, -0.2) is 8.42 Å². The minimum absolute atomic E-state index is 0.0976. The summed E-state index contributed by atoms with van der Waals surface area (Å²) in [6.07, 6.45) is -1.28. The molecule has 1 amide bonds. The molecule has 1 fully saturated rings. The lowest BCUT2D eigenvalue weighted by Gasteiger charge is -2.30. The van der Waals surface area contributed by atoms with E-state index in [0.717, 1.165) is 17.7 Å². The molecule has 0 aromatic heterocycles. The zero-order valence-corrected chi connectivity index (χ0v) is 18.6. The Labute approximate surface area is 184 Å². The van der Waals surface area contributed by atoms with Crippen molar-refractivity contribution in [3.63, 3.8) is 0 Å². The Morgan fingerprint density at radius 3 is 2.52 bits per heavy atom. The fourth-order valence-electron chi connectivity index (χ4n) is 3.60.